The molecule has 116 valence electrons. The van der Waals surface area contributed by atoms with Crippen molar-refractivity contribution in [2.24, 2.45) is 5.10 Å². The molecule has 6 heteroatoms. The third-order valence-corrected chi connectivity index (χ3v) is 3.88. The van der Waals surface area contributed by atoms with Crippen LogP contribution in [0.15, 0.2) is 59.0 Å². The Morgan fingerprint density at radius 2 is 1.87 bits per heavy atom. The average molecular weight is 327 g/mol. The van der Waals surface area contributed by atoms with Crippen molar-refractivity contribution in [3.63, 3.8) is 0 Å². The van der Waals surface area contributed by atoms with Gasteiger partial charge in [0.15, 0.2) is 0 Å². The quantitative estimate of drug-likeness (QED) is 0.558. The van der Waals surface area contributed by atoms with Gasteiger partial charge in [0.2, 0.25) is 5.13 Å². The lowest BCUT2D eigenvalue weighted by Gasteiger charge is -1.99. The predicted molar refractivity (Wildman–Crippen MR) is 91.7 cm³/mol. The summed E-state index contributed by atoms with van der Waals surface area (Å²) in [5.74, 6) is 0.547. The van der Waals surface area contributed by atoms with Gasteiger partial charge < -0.3 is 4.74 Å². The first-order chi connectivity index (χ1) is 11.2. The van der Waals surface area contributed by atoms with E-state index in [1.807, 2.05) is 29.6 Å². The molecule has 3 aromatic rings. The number of hydrogen-bond donors (Lipinski definition) is 1. The van der Waals surface area contributed by atoms with Crippen LogP contribution in [0.4, 0.5) is 9.52 Å². The predicted octanol–water partition coefficient (Wildman–Crippen LogP) is 4.40. The molecule has 0 unspecified atom stereocenters. The summed E-state index contributed by atoms with van der Waals surface area (Å²) in [6, 6.07) is 13.8. The second kappa shape index (κ2) is 7.02. The molecule has 2 aromatic carbocycles. The highest BCUT2D eigenvalue weighted by Crippen LogP contribution is 2.24. The van der Waals surface area contributed by atoms with Gasteiger partial charge in [-0.05, 0) is 54.1 Å². The van der Waals surface area contributed by atoms with Gasteiger partial charge in [0.05, 0.1) is 19.0 Å². The van der Waals surface area contributed by atoms with Crippen LogP contribution in [0.25, 0.3) is 11.3 Å². The highest BCUT2D eigenvalue weighted by Gasteiger charge is 2.03. The standard InChI is InChI=1S/C17H14FN3OS/c1-22-15-8-2-12(3-9-15)10-19-21-17-20-16(11-23-17)13-4-6-14(18)7-5-13/h2-11H,1H3,(H,20,21)/b19-10+. The van der Waals surface area contributed by atoms with Gasteiger partial charge in [-0.2, -0.15) is 5.10 Å². The number of halogens is 1. The molecule has 0 saturated heterocycles. The van der Waals surface area contributed by atoms with Crippen LogP contribution in [0.3, 0.4) is 0 Å². The molecular weight excluding hydrogens is 313 g/mol. The fourth-order valence-corrected chi connectivity index (χ4v) is 2.60. The molecule has 23 heavy (non-hydrogen) atoms. The molecule has 0 atom stereocenters. The molecule has 3 rings (SSSR count). The topological polar surface area (TPSA) is 46.5 Å². The van der Waals surface area contributed by atoms with Crippen molar-refractivity contribution in [1.82, 2.24) is 4.98 Å². The summed E-state index contributed by atoms with van der Waals surface area (Å²) in [4.78, 5) is 4.42. The zero-order valence-corrected chi connectivity index (χ0v) is 13.2. The van der Waals surface area contributed by atoms with E-state index in [-0.39, 0.29) is 5.82 Å². The van der Waals surface area contributed by atoms with Crippen LogP contribution in [0.5, 0.6) is 5.75 Å². The zero-order chi connectivity index (χ0) is 16.1. The smallest absolute Gasteiger partial charge is 0.203 e. The summed E-state index contributed by atoms with van der Waals surface area (Å²) >= 11 is 1.44. The molecule has 0 fully saturated rings. The summed E-state index contributed by atoms with van der Waals surface area (Å²) in [5.41, 5.74) is 5.51. The minimum absolute atomic E-state index is 0.258. The maximum atomic E-state index is 12.9. The summed E-state index contributed by atoms with van der Waals surface area (Å²) in [6.07, 6.45) is 1.71. The molecular formula is C17H14FN3OS. The van der Waals surface area contributed by atoms with Crippen molar-refractivity contribution < 1.29 is 9.13 Å². The van der Waals surface area contributed by atoms with E-state index >= 15 is 0 Å². The second-order valence-corrected chi connectivity index (χ2v) is 5.55. The summed E-state index contributed by atoms with van der Waals surface area (Å²) in [7, 11) is 1.63. The van der Waals surface area contributed by atoms with Gasteiger partial charge in [-0.1, -0.05) is 0 Å². The lowest BCUT2D eigenvalue weighted by molar-refractivity contribution is 0.415. The first-order valence-electron chi connectivity index (χ1n) is 6.89. The van der Waals surface area contributed by atoms with Crippen molar-refractivity contribution in [1.29, 1.82) is 0 Å². The summed E-state index contributed by atoms with van der Waals surface area (Å²) in [6.45, 7) is 0. The minimum atomic E-state index is -0.258. The number of nitrogens with zero attached hydrogens (tertiary/aromatic N) is 2. The average Bonchev–Trinajstić information content (AvgIpc) is 3.05. The Hall–Kier alpha value is -2.73. The Labute approximate surface area is 137 Å². The van der Waals surface area contributed by atoms with Gasteiger partial charge >= 0.3 is 0 Å². The van der Waals surface area contributed by atoms with Gasteiger partial charge in [-0.3, -0.25) is 5.43 Å². The molecule has 0 aliphatic rings. The Kier molecular flexibility index (Phi) is 4.63. The number of hydrogen-bond acceptors (Lipinski definition) is 5. The van der Waals surface area contributed by atoms with Crippen molar-refractivity contribution >= 4 is 22.7 Å². The summed E-state index contributed by atoms with van der Waals surface area (Å²) in [5, 5.41) is 6.74. The number of ether oxygens (including phenoxy) is 1. The molecule has 0 radical (unpaired) electrons. The maximum Gasteiger partial charge on any atom is 0.203 e. The van der Waals surface area contributed by atoms with Gasteiger partial charge in [0, 0.05) is 10.9 Å². The van der Waals surface area contributed by atoms with Crippen molar-refractivity contribution in [2.45, 2.75) is 0 Å². The van der Waals surface area contributed by atoms with E-state index in [2.05, 4.69) is 15.5 Å². The van der Waals surface area contributed by atoms with E-state index in [0.29, 0.717) is 5.13 Å². The molecule has 1 N–H and O–H groups in total. The van der Waals surface area contributed by atoms with Gasteiger partial charge in [0.25, 0.3) is 0 Å². The molecule has 1 heterocycles. The Bertz CT molecular complexity index is 797. The van der Waals surface area contributed by atoms with Crippen LogP contribution < -0.4 is 10.2 Å². The second-order valence-electron chi connectivity index (χ2n) is 4.69. The van der Waals surface area contributed by atoms with Crippen molar-refractivity contribution in [2.75, 3.05) is 12.5 Å². The Morgan fingerprint density at radius 1 is 1.13 bits per heavy atom. The molecule has 4 nitrogen and oxygen atoms in total. The molecule has 0 aliphatic heterocycles. The van der Waals surface area contributed by atoms with Crippen LogP contribution in [0, 0.1) is 5.82 Å². The van der Waals surface area contributed by atoms with E-state index in [1.54, 1.807) is 25.5 Å². The molecule has 0 amide bonds. The number of rotatable bonds is 5. The van der Waals surface area contributed by atoms with Crippen molar-refractivity contribution in [3.8, 4) is 17.0 Å². The number of thiazole rings is 1. The number of nitrogens with one attached hydrogen (secondary N) is 1. The van der Waals surface area contributed by atoms with Crippen LogP contribution in [-0.2, 0) is 0 Å². The minimum Gasteiger partial charge on any atom is -0.497 e. The maximum absolute atomic E-state index is 12.9. The Balaban J connectivity index is 1.64. The van der Waals surface area contributed by atoms with E-state index in [0.717, 1.165) is 22.6 Å². The van der Waals surface area contributed by atoms with Gasteiger partial charge in [0.1, 0.15) is 11.6 Å². The fraction of sp³-hybridized carbons (Fsp3) is 0.0588. The number of benzene rings is 2. The monoisotopic (exact) mass is 327 g/mol. The van der Waals surface area contributed by atoms with Crippen LogP contribution in [-0.4, -0.2) is 18.3 Å². The lowest BCUT2D eigenvalue weighted by atomic mass is 10.2. The molecule has 0 aliphatic carbocycles. The molecule has 1 aromatic heterocycles. The number of aromatic nitrogens is 1. The fourth-order valence-electron chi connectivity index (χ4n) is 1.93. The highest BCUT2D eigenvalue weighted by molar-refractivity contribution is 7.14. The van der Waals surface area contributed by atoms with Crippen LogP contribution in [0.1, 0.15) is 5.56 Å². The first kappa shape index (κ1) is 15.2. The van der Waals surface area contributed by atoms with Crippen LogP contribution in [0.2, 0.25) is 0 Å². The third-order valence-electron chi connectivity index (χ3n) is 3.13. The third kappa shape index (κ3) is 3.92. The normalized spacial score (nSPS) is 10.9. The van der Waals surface area contributed by atoms with E-state index in [1.165, 1.54) is 23.5 Å². The number of hydrazone groups is 1. The van der Waals surface area contributed by atoms with Gasteiger partial charge in [-0.25, -0.2) is 9.37 Å². The molecule has 0 spiro atoms. The van der Waals surface area contributed by atoms with E-state index < -0.39 is 0 Å². The number of methoxy groups -OCH3 is 1. The SMILES string of the molecule is COc1ccc(/C=N/Nc2nc(-c3ccc(F)cc3)cs2)cc1. The van der Waals surface area contributed by atoms with E-state index in [4.69, 9.17) is 4.74 Å². The molecule has 0 saturated carbocycles. The summed E-state index contributed by atoms with van der Waals surface area (Å²) < 4.78 is 18.0. The largest absolute Gasteiger partial charge is 0.497 e. The van der Waals surface area contributed by atoms with E-state index in [9.17, 15) is 4.39 Å². The zero-order valence-electron chi connectivity index (χ0n) is 12.4. The van der Waals surface area contributed by atoms with Crippen molar-refractivity contribution in [3.05, 3.63) is 65.3 Å². The van der Waals surface area contributed by atoms with Gasteiger partial charge in [-0.15, -0.1) is 11.3 Å². The highest BCUT2D eigenvalue weighted by atomic mass is 32.1. The Morgan fingerprint density at radius 3 is 2.57 bits per heavy atom. The first-order valence-corrected chi connectivity index (χ1v) is 7.77. The number of anilines is 1. The molecule has 0 bridgehead atoms. The lowest BCUT2D eigenvalue weighted by Crippen LogP contribution is -1.90. The van der Waals surface area contributed by atoms with Crippen LogP contribution >= 0.6 is 11.3 Å².